The fourth-order valence-electron chi connectivity index (χ4n) is 4.36. The number of halogens is 1. The Morgan fingerprint density at radius 2 is 1.20 bits per heavy atom. The smallest absolute Gasteiger partial charge is 0.344 e. The molecule has 10 heteroatoms. The van der Waals surface area contributed by atoms with Crippen LogP contribution in [-0.2, 0) is 20.0 Å². The van der Waals surface area contributed by atoms with Gasteiger partial charge in [0.15, 0.2) is 11.4 Å². The quantitative estimate of drug-likeness (QED) is 0.226. The molecule has 0 saturated carbocycles. The van der Waals surface area contributed by atoms with Gasteiger partial charge in [0.25, 0.3) is 20.0 Å². The van der Waals surface area contributed by atoms with E-state index in [0.717, 1.165) is 22.8 Å². The molecule has 0 aliphatic rings. The van der Waals surface area contributed by atoms with Gasteiger partial charge in [-0.2, -0.15) is 3.71 Å². The van der Waals surface area contributed by atoms with E-state index in [0.29, 0.717) is 5.56 Å². The Balaban J connectivity index is 1.80. The highest BCUT2D eigenvalue weighted by Crippen LogP contribution is 2.35. The van der Waals surface area contributed by atoms with Crippen molar-refractivity contribution in [3.8, 4) is 11.1 Å². The van der Waals surface area contributed by atoms with E-state index in [1.165, 1.54) is 60.7 Å². The first-order valence-electron chi connectivity index (χ1n) is 12.2. The topological polar surface area (TPSA) is 102 Å². The van der Waals surface area contributed by atoms with Crippen LogP contribution in [0.5, 0.6) is 0 Å². The summed E-state index contributed by atoms with van der Waals surface area (Å²) in [6, 6.07) is 21.6. The Hall–Kier alpha value is -4.28. The molecule has 1 heterocycles. The maximum Gasteiger partial charge on any atom is 0.344 e. The lowest BCUT2D eigenvalue weighted by Crippen LogP contribution is -2.37. The SMILES string of the molecule is Cc1ccc(S(=O)(=O)N(c2cc(F)c3oc(=O)c(-c4ccccc4C)cc3c2)S(=O)(=O)c2ccc(C)cc2)cc1. The highest BCUT2D eigenvalue weighted by atomic mass is 32.3. The minimum absolute atomic E-state index is 0.0102. The van der Waals surface area contributed by atoms with Crippen molar-refractivity contribution in [3.63, 3.8) is 0 Å². The van der Waals surface area contributed by atoms with Crippen molar-refractivity contribution in [1.82, 2.24) is 0 Å². The lowest BCUT2D eigenvalue weighted by Gasteiger charge is -2.24. The van der Waals surface area contributed by atoms with Gasteiger partial charge in [0.05, 0.1) is 21.0 Å². The fraction of sp³-hybridized carbons (Fsp3) is 0.100. The van der Waals surface area contributed by atoms with Gasteiger partial charge in [-0.1, -0.05) is 59.7 Å². The fourth-order valence-corrected chi connectivity index (χ4v) is 8.02. The number of sulfonamides is 2. The van der Waals surface area contributed by atoms with Gasteiger partial charge in [-0.3, -0.25) is 0 Å². The van der Waals surface area contributed by atoms with Crippen LogP contribution in [0.2, 0.25) is 0 Å². The van der Waals surface area contributed by atoms with E-state index >= 15 is 4.39 Å². The molecule has 0 amide bonds. The maximum atomic E-state index is 15.4. The van der Waals surface area contributed by atoms with Crippen LogP contribution in [0.25, 0.3) is 22.1 Å². The van der Waals surface area contributed by atoms with Crippen molar-refractivity contribution in [2.24, 2.45) is 0 Å². The second-order valence-electron chi connectivity index (χ2n) is 9.44. The standard InChI is InChI=1S/C30H24FNO6S2/c1-19-8-12-24(13-9-19)39(34,35)32(40(36,37)25-14-10-20(2)11-15-25)23-16-22-17-27(26-7-5-4-6-21(26)3)30(33)38-29(22)28(31)18-23/h4-18H,1-3H3. The Kier molecular flexibility index (Phi) is 6.85. The lowest BCUT2D eigenvalue weighted by molar-refractivity contribution is 0.526. The average molecular weight is 578 g/mol. The van der Waals surface area contributed by atoms with Gasteiger partial charge in [-0.15, -0.1) is 0 Å². The van der Waals surface area contributed by atoms with Crippen LogP contribution in [0, 0.1) is 26.6 Å². The summed E-state index contributed by atoms with van der Waals surface area (Å²) in [5.41, 5.74) is 1.27. The van der Waals surface area contributed by atoms with Crippen LogP contribution in [-0.4, -0.2) is 16.8 Å². The van der Waals surface area contributed by atoms with Crippen molar-refractivity contribution >= 4 is 36.7 Å². The molecular weight excluding hydrogens is 553 g/mol. The van der Waals surface area contributed by atoms with E-state index in [1.807, 2.05) is 0 Å². The summed E-state index contributed by atoms with van der Waals surface area (Å²) in [5, 5.41) is 0.0102. The van der Waals surface area contributed by atoms with E-state index in [4.69, 9.17) is 4.42 Å². The summed E-state index contributed by atoms with van der Waals surface area (Å²) in [4.78, 5) is 12.2. The van der Waals surface area contributed by atoms with Gasteiger partial charge in [-0.25, -0.2) is 26.0 Å². The summed E-state index contributed by atoms with van der Waals surface area (Å²) < 4.78 is 76.6. The summed E-state index contributed by atoms with van der Waals surface area (Å²) in [7, 11) is -9.53. The van der Waals surface area contributed by atoms with Gasteiger partial charge in [0, 0.05) is 11.5 Å². The monoisotopic (exact) mass is 577 g/mol. The number of anilines is 1. The second kappa shape index (κ2) is 10.0. The molecule has 0 spiro atoms. The summed E-state index contributed by atoms with van der Waals surface area (Å²) in [5.74, 6) is -1.09. The number of hydrogen-bond acceptors (Lipinski definition) is 6. The van der Waals surface area contributed by atoms with E-state index < -0.39 is 42.8 Å². The number of aryl methyl sites for hydroxylation is 3. The van der Waals surface area contributed by atoms with Gasteiger partial charge in [-0.05, 0) is 68.3 Å². The third-order valence-corrected chi connectivity index (χ3v) is 10.7. The minimum atomic E-state index is -4.76. The zero-order valence-corrected chi connectivity index (χ0v) is 23.4. The van der Waals surface area contributed by atoms with E-state index in [-0.39, 0.29) is 24.5 Å². The molecule has 0 saturated heterocycles. The number of benzene rings is 4. The predicted molar refractivity (Wildman–Crippen MR) is 152 cm³/mol. The second-order valence-corrected chi connectivity index (χ2v) is 13.2. The molecule has 0 atom stereocenters. The van der Waals surface area contributed by atoms with Crippen LogP contribution in [0.1, 0.15) is 16.7 Å². The Morgan fingerprint density at radius 3 is 1.73 bits per heavy atom. The van der Waals surface area contributed by atoms with E-state index in [2.05, 4.69) is 0 Å². The van der Waals surface area contributed by atoms with Crippen molar-refractivity contribution < 1.29 is 25.6 Å². The first kappa shape index (κ1) is 27.3. The van der Waals surface area contributed by atoms with Crippen molar-refractivity contribution in [1.29, 1.82) is 0 Å². The average Bonchev–Trinajstić information content (AvgIpc) is 2.89. The molecule has 5 rings (SSSR count). The maximum absolute atomic E-state index is 15.4. The van der Waals surface area contributed by atoms with Crippen LogP contribution < -0.4 is 9.34 Å². The number of hydrogen-bond donors (Lipinski definition) is 0. The predicted octanol–water partition coefficient (Wildman–Crippen LogP) is 6.11. The first-order valence-corrected chi connectivity index (χ1v) is 15.0. The number of nitrogens with zero attached hydrogens (tertiary/aromatic N) is 1. The van der Waals surface area contributed by atoms with Crippen LogP contribution in [0.15, 0.2) is 110 Å². The van der Waals surface area contributed by atoms with Crippen molar-refractivity contribution in [2.75, 3.05) is 3.71 Å². The number of rotatable bonds is 6. The normalized spacial score (nSPS) is 12.0. The minimum Gasteiger partial charge on any atom is -0.419 e. The highest BCUT2D eigenvalue weighted by molar-refractivity contribution is 8.10. The van der Waals surface area contributed by atoms with Crippen LogP contribution in [0.4, 0.5) is 10.1 Å². The lowest BCUT2D eigenvalue weighted by atomic mass is 10.0. The summed E-state index contributed by atoms with van der Waals surface area (Å²) >= 11 is 0. The molecule has 7 nitrogen and oxygen atoms in total. The van der Waals surface area contributed by atoms with Crippen LogP contribution >= 0.6 is 0 Å². The number of fused-ring (bicyclic) bond motifs is 1. The summed E-state index contributed by atoms with van der Waals surface area (Å²) in [6.07, 6.45) is 0. The van der Waals surface area contributed by atoms with Gasteiger partial charge in [0.1, 0.15) is 0 Å². The molecular formula is C30H24FNO6S2. The van der Waals surface area contributed by atoms with Crippen molar-refractivity contribution in [2.45, 2.75) is 30.6 Å². The summed E-state index contributed by atoms with van der Waals surface area (Å²) in [6.45, 7) is 5.31. The zero-order chi connectivity index (χ0) is 28.8. The van der Waals surface area contributed by atoms with Gasteiger partial charge >= 0.3 is 5.63 Å². The molecule has 204 valence electrons. The third kappa shape index (κ3) is 4.80. The molecule has 1 aromatic heterocycles. The van der Waals surface area contributed by atoms with E-state index in [9.17, 15) is 21.6 Å². The molecule has 5 aromatic rings. The first-order chi connectivity index (χ1) is 18.9. The van der Waals surface area contributed by atoms with Gasteiger partial charge in [0.2, 0.25) is 0 Å². The molecule has 40 heavy (non-hydrogen) atoms. The molecule has 0 radical (unpaired) electrons. The molecule has 0 aliphatic heterocycles. The van der Waals surface area contributed by atoms with Gasteiger partial charge < -0.3 is 4.42 Å². The molecule has 0 aliphatic carbocycles. The van der Waals surface area contributed by atoms with Crippen molar-refractivity contribution in [3.05, 3.63) is 124 Å². The molecule has 0 fully saturated rings. The van der Waals surface area contributed by atoms with Crippen LogP contribution in [0.3, 0.4) is 0 Å². The highest BCUT2D eigenvalue weighted by Gasteiger charge is 2.37. The molecule has 0 unspecified atom stereocenters. The molecule has 0 bridgehead atoms. The van der Waals surface area contributed by atoms with E-state index in [1.54, 1.807) is 45.0 Å². The molecule has 0 N–H and O–H groups in total. The Morgan fingerprint density at radius 1 is 0.675 bits per heavy atom. The zero-order valence-electron chi connectivity index (χ0n) is 21.8. The Labute approximate surface area is 231 Å². The third-order valence-electron chi connectivity index (χ3n) is 6.49. The molecule has 4 aromatic carbocycles. The largest absolute Gasteiger partial charge is 0.419 e. The Bertz CT molecular complexity index is 1960.